The molecule has 2 rings (SSSR count). The number of ether oxygens (including phenoxy) is 2. The van der Waals surface area contributed by atoms with Gasteiger partial charge in [0.15, 0.2) is 0 Å². The van der Waals surface area contributed by atoms with Crippen molar-refractivity contribution in [3.05, 3.63) is 0 Å². The number of hydrogen-bond donors (Lipinski definition) is 2. The molecule has 1 amide bonds. The predicted molar refractivity (Wildman–Crippen MR) is 82.1 cm³/mol. The fourth-order valence-electron chi connectivity index (χ4n) is 3.45. The smallest absolute Gasteiger partial charge is 0.410 e. The number of piperidine rings is 1. The molecule has 2 aliphatic heterocycles. The van der Waals surface area contributed by atoms with Crippen LogP contribution in [-0.2, 0) is 14.3 Å². The first kappa shape index (κ1) is 18.0. The van der Waals surface area contributed by atoms with Crippen molar-refractivity contribution in [1.82, 2.24) is 4.90 Å². The van der Waals surface area contributed by atoms with Gasteiger partial charge in [0.2, 0.25) is 0 Å². The predicted octanol–water partition coefficient (Wildman–Crippen LogP) is 1.63. The van der Waals surface area contributed by atoms with Gasteiger partial charge in [-0.05, 0) is 46.5 Å². The Morgan fingerprint density at radius 1 is 1.22 bits per heavy atom. The maximum Gasteiger partial charge on any atom is 0.410 e. The Bertz CT molecular complexity index is 466. The molecule has 0 aromatic heterocycles. The van der Waals surface area contributed by atoms with Crippen molar-refractivity contribution >= 4 is 12.1 Å². The van der Waals surface area contributed by atoms with E-state index in [9.17, 15) is 19.8 Å². The molecule has 132 valence electrons. The molecule has 0 radical (unpaired) electrons. The van der Waals surface area contributed by atoms with E-state index in [4.69, 9.17) is 9.47 Å². The van der Waals surface area contributed by atoms with Crippen molar-refractivity contribution in [2.75, 3.05) is 26.3 Å². The van der Waals surface area contributed by atoms with Crippen molar-refractivity contribution in [2.45, 2.75) is 57.7 Å². The van der Waals surface area contributed by atoms with Gasteiger partial charge in [-0.15, -0.1) is 0 Å². The lowest BCUT2D eigenvalue weighted by molar-refractivity contribution is -0.200. The average molecular weight is 329 g/mol. The summed E-state index contributed by atoms with van der Waals surface area (Å²) >= 11 is 0. The quantitative estimate of drug-likeness (QED) is 0.799. The Balaban J connectivity index is 2.23. The van der Waals surface area contributed by atoms with Crippen LogP contribution in [0, 0.1) is 5.41 Å². The molecule has 2 aliphatic rings. The van der Waals surface area contributed by atoms with E-state index >= 15 is 0 Å². The number of rotatable bonds is 2. The Labute approximate surface area is 136 Å². The summed E-state index contributed by atoms with van der Waals surface area (Å²) in [6, 6.07) is 0. The molecule has 7 heteroatoms. The fourth-order valence-corrected chi connectivity index (χ4v) is 3.45. The Hall–Kier alpha value is -1.34. The van der Waals surface area contributed by atoms with E-state index in [-0.39, 0.29) is 13.2 Å². The van der Waals surface area contributed by atoms with E-state index in [0.717, 1.165) is 0 Å². The van der Waals surface area contributed by atoms with Crippen LogP contribution in [-0.4, -0.2) is 64.7 Å². The first-order valence-corrected chi connectivity index (χ1v) is 8.11. The monoisotopic (exact) mass is 329 g/mol. The summed E-state index contributed by atoms with van der Waals surface area (Å²) in [5.41, 5.74) is -3.52. The second kappa shape index (κ2) is 6.28. The van der Waals surface area contributed by atoms with Gasteiger partial charge in [0, 0.05) is 19.7 Å². The zero-order valence-corrected chi connectivity index (χ0v) is 14.1. The van der Waals surface area contributed by atoms with Crippen LogP contribution in [0.25, 0.3) is 0 Å². The zero-order chi connectivity index (χ0) is 17.3. The van der Waals surface area contributed by atoms with Gasteiger partial charge in [0.05, 0.1) is 6.61 Å². The van der Waals surface area contributed by atoms with E-state index in [1.165, 1.54) is 4.90 Å². The Kier molecular flexibility index (Phi) is 4.92. The number of nitrogens with zero attached hydrogens (tertiary/aromatic N) is 1. The van der Waals surface area contributed by atoms with Crippen molar-refractivity contribution in [2.24, 2.45) is 5.41 Å². The van der Waals surface area contributed by atoms with E-state index in [1.807, 2.05) is 0 Å². The third-order valence-electron chi connectivity index (χ3n) is 4.66. The molecular formula is C16H27NO6. The minimum atomic E-state index is -1.46. The van der Waals surface area contributed by atoms with E-state index < -0.39 is 28.7 Å². The Morgan fingerprint density at radius 3 is 2.43 bits per heavy atom. The summed E-state index contributed by atoms with van der Waals surface area (Å²) in [5.74, 6) is -1.08. The largest absolute Gasteiger partial charge is 0.481 e. The molecule has 0 aromatic carbocycles. The molecule has 2 unspecified atom stereocenters. The summed E-state index contributed by atoms with van der Waals surface area (Å²) in [5, 5.41) is 20.8. The van der Waals surface area contributed by atoms with Crippen LogP contribution < -0.4 is 0 Å². The molecule has 2 atom stereocenters. The summed E-state index contributed by atoms with van der Waals surface area (Å²) in [6.07, 6.45) is 1.26. The highest BCUT2D eigenvalue weighted by molar-refractivity contribution is 5.78. The van der Waals surface area contributed by atoms with Gasteiger partial charge in [0.25, 0.3) is 0 Å². The van der Waals surface area contributed by atoms with Gasteiger partial charge in [-0.25, -0.2) is 4.79 Å². The molecule has 2 N–H and O–H groups in total. The molecule has 0 saturated carbocycles. The van der Waals surface area contributed by atoms with Gasteiger partial charge in [-0.3, -0.25) is 4.79 Å². The van der Waals surface area contributed by atoms with Gasteiger partial charge in [-0.2, -0.15) is 0 Å². The number of carboxylic acids is 1. The standard InChI is InChI=1S/C16H27NO6/c1-14(2,3)23-13(20)17-8-4-6-15(10-17,12(18)19)16(21)7-5-9-22-11-16/h21H,4-11H2,1-3H3,(H,18,19). The van der Waals surface area contributed by atoms with Crippen molar-refractivity contribution in [3.63, 3.8) is 0 Å². The number of amides is 1. The number of carbonyl (C=O) groups is 2. The van der Waals surface area contributed by atoms with Gasteiger partial charge >= 0.3 is 12.1 Å². The molecule has 2 heterocycles. The minimum absolute atomic E-state index is 0.0124. The minimum Gasteiger partial charge on any atom is -0.481 e. The van der Waals surface area contributed by atoms with Crippen molar-refractivity contribution in [3.8, 4) is 0 Å². The average Bonchev–Trinajstić information content (AvgIpc) is 2.46. The second-order valence-corrected chi connectivity index (χ2v) is 7.58. The SMILES string of the molecule is CC(C)(C)OC(=O)N1CCCC(C(=O)O)(C2(O)CCCOC2)C1. The van der Waals surface area contributed by atoms with E-state index in [0.29, 0.717) is 38.8 Å². The number of carboxylic acid groups (broad SMARTS) is 1. The summed E-state index contributed by atoms with van der Waals surface area (Å²) < 4.78 is 10.7. The highest BCUT2D eigenvalue weighted by Crippen LogP contribution is 2.45. The summed E-state index contributed by atoms with van der Waals surface area (Å²) in [6.45, 7) is 6.18. The second-order valence-electron chi connectivity index (χ2n) is 7.58. The van der Waals surface area contributed by atoms with Crippen molar-refractivity contribution in [1.29, 1.82) is 0 Å². The maximum absolute atomic E-state index is 12.3. The van der Waals surface area contributed by atoms with Gasteiger partial charge in [0.1, 0.15) is 16.6 Å². The molecule has 23 heavy (non-hydrogen) atoms. The van der Waals surface area contributed by atoms with Crippen LogP contribution >= 0.6 is 0 Å². The van der Waals surface area contributed by atoms with Gasteiger partial charge in [-0.1, -0.05) is 0 Å². The molecule has 0 aliphatic carbocycles. The topological polar surface area (TPSA) is 96.3 Å². The first-order chi connectivity index (χ1) is 10.6. The molecule has 0 bridgehead atoms. The lowest BCUT2D eigenvalue weighted by atomic mass is 9.64. The van der Waals surface area contributed by atoms with Crippen LogP contribution in [0.3, 0.4) is 0 Å². The highest BCUT2D eigenvalue weighted by atomic mass is 16.6. The van der Waals surface area contributed by atoms with Crippen LogP contribution in [0.5, 0.6) is 0 Å². The van der Waals surface area contributed by atoms with Crippen LogP contribution in [0.1, 0.15) is 46.5 Å². The zero-order valence-electron chi connectivity index (χ0n) is 14.1. The molecular weight excluding hydrogens is 302 g/mol. The first-order valence-electron chi connectivity index (χ1n) is 8.11. The highest BCUT2D eigenvalue weighted by Gasteiger charge is 2.59. The fraction of sp³-hybridized carbons (Fsp3) is 0.875. The molecule has 0 spiro atoms. The van der Waals surface area contributed by atoms with Crippen molar-refractivity contribution < 1.29 is 29.3 Å². The maximum atomic E-state index is 12.3. The third-order valence-corrected chi connectivity index (χ3v) is 4.66. The number of likely N-dealkylation sites (tertiary alicyclic amines) is 1. The number of aliphatic carboxylic acids is 1. The number of hydrogen-bond acceptors (Lipinski definition) is 5. The molecule has 2 fully saturated rings. The van der Waals surface area contributed by atoms with Crippen LogP contribution in [0.4, 0.5) is 4.79 Å². The lowest BCUT2D eigenvalue weighted by Gasteiger charge is -2.50. The lowest BCUT2D eigenvalue weighted by Crippen LogP contribution is -2.64. The summed E-state index contributed by atoms with van der Waals surface area (Å²) in [4.78, 5) is 25.7. The molecule has 2 saturated heterocycles. The normalized spacial score (nSPS) is 32.4. The number of carbonyl (C=O) groups excluding carboxylic acids is 1. The molecule has 7 nitrogen and oxygen atoms in total. The molecule has 0 aromatic rings. The van der Waals surface area contributed by atoms with E-state index in [1.54, 1.807) is 20.8 Å². The van der Waals surface area contributed by atoms with E-state index in [2.05, 4.69) is 0 Å². The third kappa shape index (κ3) is 3.61. The summed E-state index contributed by atoms with van der Waals surface area (Å²) in [7, 11) is 0. The van der Waals surface area contributed by atoms with Gasteiger partial charge < -0.3 is 24.6 Å². The van der Waals surface area contributed by atoms with Crippen LogP contribution in [0.2, 0.25) is 0 Å². The van der Waals surface area contributed by atoms with Crippen LogP contribution in [0.15, 0.2) is 0 Å². The number of aliphatic hydroxyl groups is 1. The Morgan fingerprint density at radius 2 is 1.91 bits per heavy atom.